The van der Waals surface area contributed by atoms with E-state index in [-0.39, 0.29) is 0 Å². The number of hydrogen-bond acceptors (Lipinski definition) is 2. The van der Waals surface area contributed by atoms with E-state index in [2.05, 4.69) is 0 Å². The van der Waals surface area contributed by atoms with Crippen LogP contribution in [0.1, 0.15) is 10.4 Å². The number of nitrogens with two attached hydrogens (primary N) is 1. The van der Waals surface area contributed by atoms with Crippen molar-refractivity contribution in [3.8, 4) is 0 Å². The average molecular weight is 280 g/mol. The van der Waals surface area contributed by atoms with Crippen molar-refractivity contribution < 1.29 is 18.0 Å². The largest absolute Gasteiger partial charge is 0.397 e. The van der Waals surface area contributed by atoms with E-state index in [9.17, 15) is 18.0 Å². The van der Waals surface area contributed by atoms with Crippen molar-refractivity contribution in [3.05, 3.63) is 59.4 Å². The lowest BCUT2D eigenvalue weighted by Gasteiger charge is -2.19. The van der Waals surface area contributed by atoms with Gasteiger partial charge in [0.1, 0.15) is 0 Å². The second kappa shape index (κ2) is 5.24. The van der Waals surface area contributed by atoms with Gasteiger partial charge in [-0.3, -0.25) is 4.79 Å². The van der Waals surface area contributed by atoms with E-state index in [0.717, 1.165) is 11.0 Å². The minimum atomic E-state index is -1.68. The van der Waals surface area contributed by atoms with Crippen molar-refractivity contribution in [1.29, 1.82) is 0 Å². The highest BCUT2D eigenvalue weighted by atomic mass is 19.2. The zero-order valence-corrected chi connectivity index (χ0v) is 10.5. The van der Waals surface area contributed by atoms with Gasteiger partial charge < -0.3 is 10.6 Å². The molecule has 0 bridgehead atoms. The minimum absolute atomic E-state index is 0.311. The van der Waals surface area contributed by atoms with Crippen LogP contribution in [0.4, 0.5) is 24.5 Å². The van der Waals surface area contributed by atoms with E-state index in [1.165, 1.54) is 7.05 Å². The molecular weight excluding hydrogens is 269 g/mol. The van der Waals surface area contributed by atoms with E-state index in [4.69, 9.17) is 5.73 Å². The Morgan fingerprint density at radius 2 is 1.70 bits per heavy atom. The third-order valence-corrected chi connectivity index (χ3v) is 2.87. The van der Waals surface area contributed by atoms with Crippen LogP contribution in [0.5, 0.6) is 0 Å². The molecule has 0 spiro atoms. The number of rotatable bonds is 2. The number of nitrogens with zero attached hydrogens (tertiary/aromatic N) is 1. The topological polar surface area (TPSA) is 46.3 Å². The van der Waals surface area contributed by atoms with Crippen LogP contribution in [0.15, 0.2) is 36.4 Å². The molecular formula is C14H11F3N2O. The Morgan fingerprint density at radius 1 is 1.05 bits per heavy atom. The van der Waals surface area contributed by atoms with E-state index < -0.39 is 28.9 Å². The first-order valence-corrected chi connectivity index (χ1v) is 5.69. The fraction of sp³-hybridized carbons (Fsp3) is 0.0714. The lowest BCUT2D eigenvalue weighted by molar-refractivity contribution is 0.0988. The van der Waals surface area contributed by atoms with Crippen LogP contribution in [-0.2, 0) is 0 Å². The molecule has 0 aliphatic heterocycles. The highest BCUT2D eigenvalue weighted by Crippen LogP contribution is 2.24. The summed E-state index contributed by atoms with van der Waals surface area (Å²) in [7, 11) is 1.37. The predicted octanol–water partition coefficient (Wildman–Crippen LogP) is 2.96. The summed E-state index contributed by atoms with van der Waals surface area (Å²) in [4.78, 5) is 13.2. The first-order chi connectivity index (χ1) is 9.43. The van der Waals surface area contributed by atoms with Crippen LogP contribution in [0.25, 0.3) is 0 Å². The smallest absolute Gasteiger partial charge is 0.261 e. The van der Waals surface area contributed by atoms with Gasteiger partial charge in [-0.1, -0.05) is 12.1 Å². The summed E-state index contributed by atoms with van der Waals surface area (Å²) in [5, 5.41) is 0. The molecule has 0 fully saturated rings. The normalized spacial score (nSPS) is 10.4. The summed E-state index contributed by atoms with van der Waals surface area (Å²) in [5.41, 5.74) is 5.81. The molecule has 0 heterocycles. The summed E-state index contributed by atoms with van der Waals surface area (Å²) in [5.74, 6) is -5.36. The molecule has 2 N–H and O–H groups in total. The number of anilines is 2. The monoisotopic (exact) mass is 280 g/mol. The van der Waals surface area contributed by atoms with Gasteiger partial charge in [-0.2, -0.15) is 0 Å². The third kappa shape index (κ3) is 2.32. The highest BCUT2D eigenvalue weighted by Gasteiger charge is 2.22. The van der Waals surface area contributed by atoms with Crippen LogP contribution in [0, 0.1) is 17.5 Å². The molecule has 2 aromatic rings. The van der Waals surface area contributed by atoms with Gasteiger partial charge in [0.15, 0.2) is 17.5 Å². The molecule has 6 heteroatoms. The number of halogens is 3. The maximum atomic E-state index is 13.6. The molecule has 20 heavy (non-hydrogen) atoms. The first kappa shape index (κ1) is 13.9. The average Bonchev–Trinajstić information content (AvgIpc) is 2.44. The second-order valence-corrected chi connectivity index (χ2v) is 4.15. The molecule has 0 atom stereocenters. The van der Waals surface area contributed by atoms with Gasteiger partial charge in [0.05, 0.1) is 16.9 Å². The zero-order valence-electron chi connectivity index (χ0n) is 10.5. The Balaban J connectivity index is 2.42. The van der Waals surface area contributed by atoms with Crippen molar-refractivity contribution in [2.24, 2.45) is 0 Å². The van der Waals surface area contributed by atoms with Gasteiger partial charge in [-0.25, -0.2) is 13.2 Å². The lowest BCUT2D eigenvalue weighted by Crippen LogP contribution is -2.28. The number of nitrogen functional groups attached to an aromatic ring is 1. The van der Waals surface area contributed by atoms with E-state index >= 15 is 0 Å². The molecule has 2 aromatic carbocycles. The maximum Gasteiger partial charge on any atom is 0.261 e. The molecule has 0 aliphatic carbocycles. The molecule has 3 nitrogen and oxygen atoms in total. The molecule has 0 radical (unpaired) electrons. The Morgan fingerprint density at radius 3 is 2.35 bits per heavy atom. The van der Waals surface area contributed by atoms with Crippen molar-refractivity contribution in [1.82, 2.24) is 0 Å². The molecule has 0 aromatic heterocycles. The lowest BCUT2D eigenvalue weighted by atomic mass is 10.1. The third-order valence-electron chi connectivity index (χ3n) is 2.87. The van der Waals surface area contributed by atoms with Gasteiger partial charge in [0.2, 0.25) is 0 Å². The SMILES string of the molecule is CN(C(=O)c1ccc(F)c(F)c1F)c1ccccc1N. The van der Waals surface area contributed by atoms with Crippen LogP contribution >= 0.6 is 0 Å². The van der Waals surface area contributed by atoms with Crippen molar-refractivity contribution >= 4 is 17.3 Å². The molecule has 0 aliphatic rings. The van der Waals surface area contributed by atoms with Gasteiger partial charge in [-0.05, 0) is 24.3 Å². The number of amides is 1. The van der Waals surface area contributed by atoms with Gasteiger partial charge in [0, 0.05) is 7.05 Å². The van der Waals surface area contributed by atoms with Gasteiger partial charge >= 0.3 is 0 Å². The van der Waals surface area contributed by atoms with Crippen molar-refractivity contribution in [3.63, 3.8) is 0 Å². The number of hydrogen-bond donors (Lipinski definition) is 1. The predicted molar refractivity (Wildman–Crippen MR) is 69.9 cm³/mol. The summed E-state index contributed by atoms with van der Waals surface area (Å²) >= 11 is 0. The Labute approximate surface area is 113 Å². The summed E-state index contributed by atoms with van der Waals surface area (Å²) in [6.07, 6.45) is 0. The number of benzene rings is 2. The maximum absolute atomic E-state index is 13.6. The molecule has 1 amide bonds. The number of para-hydroxylation sites is 2. The molecule has 2 rings (SSSR count). The van der Waals surface area contributed by atoms with E-state index in [1.807, 2.05) is 0 Å². The van der Waals surface area contributed by atoms with Crippen LogP contribution < -0.4 is 10.6 Å². The quantitative estimate of drug-likeness (QED) is 0.679. The minimum Gasteiger partial charge on any atom is -0.397 e. The highest BCUT2D eigenvalue weighted by molar-refractivity contribution is 6.07. The number of carbonyl (C=O) groups excluding carboxylic acids is 1. The molecule has 104 valence electrons. The number of carbonyl (C=O) groups is 1. The fourth-order valence-corrected chi connectivity index (χ4v) is 1.77. The molecule has 0 saturated heterocycles. The first-order valence-electron chi connectivity index (χ1n) is 5.69. The Bertz CT molecular complexity index is 673. The summed E-state index contributed by atoms with van der Waals surface area (Å²) in [6, 6.07) is 8.05. The van der Waals surface area contributed by atoms with Crippen LogP contribution in [0.3, 0.4) is 0 Å². The van der Waals surface area contributed by atoms with E-state index in [1.54, 1.807) is 24.3 Å². The molecule has 0 unspecified atom stereocenters. The fourth-order valence-electron chi connectivity index (χ4n) is 1.77. The van der Waals surface area contributed by atoms with Crippen molar-refractivity contribution in [2.45, 2.75) is 0 Å². The van der Waals surface area contributed by atoms with Crippen LogP contribution in [-0.4, -0.2) is 13.0 Å². The van der Waals surface area contributed by atoms with Gasteiger partial charge in [0.25, 0.3) is 5.91 Å². The van der Waals surface area contributed by atoms with Gasteiger partial charge in [-0.15, -0.1) is 0 Å². The van der Waals surface area contributed by atoms with Crippen molar-refractivity contribution in [2.75, 3.05) is 17.7 Å². The standard InChI is InChI=1S/C14H11F3N2O/c1-19(11-5-3-2-4-10(11)18)14(20)8-6-7-9(15)13(17)12(8)16/h2-7H,18H2,1H3. The molecule has 0 saturated carbocycles. The summed E-state index contributed by atoms with van der Waals surface area (Å²) < 4.78 is 39.6. The summed E-state index contributed by atoms with van der Waals surface area (Å²) in [6.45, 7) is 0. The zero-order chi connectivity index (χ0) is 14.9. The van der Waals surface area contributed by atoms with Crippen LogP contribution in [0.2, 0.25) is 0 Å². The van der Waals surface area contributed by atoms with E-state index in [0.29, 0.717) is 17.4 Å². The Kier molecular flexibility index (Phi) is 3.65. The Hall–Kier alpha value is -2.50. The second-order valence-electron chi connectivity index (χ2n) is 4.15.